The lowest BCUT2D eigenvalue weighted by atomic mass is 10.1. The summed E-state index contributed by atoms with van der Waals surface area (Å²) in [4.78, 5) is 33.4. The van der Waals surface area contributed by atoms with Crippen molar-refractivity contribution in [1.82, 2.24) is 15.2 Å². The van der Waals surface area contributed by atoms with Crippen LogP contribution in [0.3, 0.4) is 0 Å². The van der Waals surface area contributed by atoms with Gasteiger partial charge in [0.25, 0.3) is 5.91 Å². The first-order valence-electron chi connectivity index (χ1n) is 11.3. The molecule has 13 heteroatoms. The van der Waals surface area contributed by atoms with E-state index in [4.69, 9.17) is 10.8 Å². The third kappa shape index (κ3) is 4.89. The van der Waals surface area contributed by atoms with E-state index in [-0.39, 0.29) is 17.2 Å². The number of hydrogen-bond donors (Lipinski definition) is 4. The number of nitrogens with one attached hydrogen (secondary N) is 2. The number of nitrogens with two attached hydrogens (primary N) is 1. The molecule has 39 heavy (non-hydrogen) atoms. The number of amidine groups is 1. The maximum atomic E-state index is 14.4. The minimum Gasteiger partial charge on any atom is -0.478 e. The van der Waals surface area contributed by atoms with Crippen LogP contribution in [0.15, 0.2) is 83.9 Å². The van der Waals surface area contributed by atoms with Crippen molar-refractivity contribution < 1.29 is 32.3 Å². The number of anilines is 1. The molecule has 1 amide bonds. The number of carboxylic acids is 1. The summed E-state index contributed by atoms with van der Waals surface area (Å²) in [5, 5.41) is 14.7. The van der Waals surface area contributed by atoms with Crippen molar-refractivity contribution >= 4 is 29.2 Å². The quantitative estimate of drug-likeness (QED) is 0.356. The van der Waals surface area contributed by atoms with Gasteiger partial charge in [0.15, 0.2) is 0 Å². The molecule has 0 bridgehead atoms. The number of fused-ring (bicyclic) bond motifs is 1. The molecule has 198 valence electrons. The summed E-state index contributed by atoms with van der Waals surface area (Å²) >= 11 is 0. The highest BCUT2D eigenvalue weighted by Crippen LogP contribution is 2.37. The van der Waals surface area contributed by atoms with E-state index >= 15 is 0 Å². The SMILES string of the molecule is NC1=NC=CN2C1=C(c1ccc(C(=O)Nc3cc(C(F)(F)F)ccn3)cc1)NC2c1ccc(C(=O)O)c(F)c1. The first-order chi connectivity index (χ1) is 18.5. The van der Waals surface area contributed by atoms with Crippen molar-refractivity contribution in [3.63, 3.8) is 0 Å². The molecule has 2 aliphatic heterocycles. The monoisotopic (exact) mass is 538 g/mol. The van der Waals surface area contributed by atoms with Gasteiger partial charge in [0.1, 0.15) is 29.3 Å². The van der Waals surface area contributed by atoms with Crippen LogP contribution in [0.2, 0.25) is 0 Å². The summed E-state index contributed by atoms with van der Waals surface area (Å²) in [6.45, 7) is 0. The largest absolute Gasteiger partial charge is 0.478 e. The average Bonchev–Trinajstić information content (AvgIpc) is 3.29. The van der Waals surface area contributed by atoms with E-state index in [9.17, 15) is 27.2 Å². The van der Waals surface area contributed by atoms with Gasteiger partial charge in [-0.25, -0.2) is 19.2 Å². The number of aliphatic imine (C=N–C) groups is 1. The number of carboxylic acid groups (broad SMARTS) is 1. The Morgan fingerprint density at radius 2 is 1.82 bits per heavy atom. The zero-order valence-electron chi connectivity index (χ0n) is 19.7. The third-order valence-corrected chi connectivity index (χ3v) is 6.04. The predicted molar refractivity (Wildman–Crippen MR) is 132 cm³/mol. The van der Waals surface area contributed by atoms with Crippen molar-refractivity contribution in [1.29, 1.82) is 0 Å². The van der Waals surface area contributed by atoms with Gasteiger partial charge in [0.2, 0.25) is 0 Å². The number of amides is 1. The maximum absolute atomic E-state index is 14.4. The summed E-state index contributed by atoms with van der Waals surface area (Å²) in [6.07, 6.45) is -1.18. The number of pyridine rings is 1. The molecular formula is C26H18F4N6O3. The average molecular weight is 538 g/mol. The van der Waals surface area contributed by atoms with E-state index in [2.05, 4.69) is 20.6 Å². The van der Waals surface area contributed by atoms with Crippen LogP contribution in [-0.2, 0) is 6.18 Å². The fourth-order valence-corrected chi connectivity index (χ4v) is 4.19. The molecule has 0 radical (unpaired) electrons. The second kappa shape index (κ2) is 9.59. The van der Waals surface area contributed by atoms with Crippen LogP contribution in [0.25, 0.3) is 5.70 Å². The number of rotatable bonds is 5. The van der Waals surface area contributed by atoms with Crippen molar-refractivity contribution in [2.75, 3.05) is 5.32 Å². The maximum Gasteiger partial charge on any atom is 0.416 e. The molecular weight excluding hydrogens is 520 g/mol. The van der Waals surface area contributed by atoms with Gasteiger partial charge in [0, 0.05) is 24.2 Å². The Kier molecular flexibility index (Phi) is 6.26. The summed E-state index contributed by atoms with van der Waals surface area (Å²) in [5.41, 5.74) is 6.90. The number of alkyl halides is 3. The highest BCUT2D eigenvalue weighted by Gasteiger charge is 2.35. The lowest BCUT2D eigenvalue weighted by Gasteiger charge is -2.27. The van der Waals surface area contributed by atoms with Gasteiger partial charge in [-0.15, -0.1) is 0 Å². The summed E-state index contributed by atoms with van der Waals surface area (Å²) in [6, 6.07) is 11.5. The Hall–Kier alpha value is -5.20. The summed E-state index contributed by atoms with van der Waals surface area (Å²) in [7, 11) is 0. The van der Waals surface area contributed by atoms with Gasteiger partial charge in [-0.05, 0) is 47.5 Å². The molecule has 0 spiro atoms. The number of nitrogens with zero attached hydrogens (tertiary/aromatic N) is 3. The van der Waals surface area contributed by atoms with Crippen LogP contribution in [0.1, 0.15) is 43.6 Å². The lowest BCUT2D eigenvalue weighted by molar-refractivity contribution is -0.137. The van der Waals surface area contributed by atoms with Gasteiger partial charge < -0.3 is 26.4 Å². The van der Waals surface area contributed by atoms with Crippen molar-refractivity contribution in [2.45, 2.75) is 12.3 Å². The van der Waals surface area contributed by atoms with Gasteiger partial charge in [-0.3, -0.25) is 4.79 Å². The molecule has 2 aromatic carbocycles. The minimum atomic E-state index is -4.58. The number of carbonyl (C=O) groups excluding carboxylic acids is 1. The molecule has 1 aromatic heterocycles. The van der Waals surface area contributed by atoms with Crippen LogP contribution < -0.4 is 16.4 Å². The Morgan fingerprint density at radius 3 is 2.49 bits per heavy atom. The Morgan fingerprint density at radius 1 is 1.08 bits per heavy atom. The van der Waals surface area contributed by atoms with Crippen molar-refractivity contribution in [3.05, 3.63) is 113 Å². The van der Waals surface area contributed by atoms with Gasteiger partial charge in [-0.1, -0.05) is 18.2 Å². The molecule has 3 heterocycles. The van der Waals surface area contributed by atoms with Gasteiger partial charge in [-0.2, -0.15) is 13.2 Å². The Bertz CT molecular complexity index is 1580. The first kappa shape index (κ1) is 25.4. The third-order valence-electron chi connectivity index (χ3n) is 6.04. The van der Waals surface area contributed by atoms with Crippen LogP contribution in [0.5, 0.6) is 0 Å². The zero-order valence-corrected chi connectivity index (χ0v) is 19.7. The van der Waals surface area contributed by atoms with E-state index < -0.39 is 41.2 Å². The normalized spacial score (nSPS) is 16.5. The number of halogens is 4. The smallest absolute Gasteiger partial charge is 0.416 e. The van der Waals surface area contributed by atoms with E-state index in [1.165, 1.54) is 30.5 Å². The van der Waals surface area contributed by atoms with Gasteiger partial charge in [0.05, 0.1) is 16.8 Å². The molecule has 0 aliphatic carbocycles. The molecule has 0 fully saturated rings. The standard InChI is InChI=1S/C26H18F4N6O3/c27-18-11-15(5-6-17(18)25(38)39)23-35-20(21-22(31)33-9-10-36(21)23)13-1-3-14(4-2-13)24(37)34-19-12-16(7-8-32-19)26(28,29)30/h1-12,23,35H,(H2,31,33)(H,38,39)(H,32,34,37). The zero-order chi connectivity index (χ0) is 27.9. The van der Waals surface area contributed by atoms with E-state index in [0.29, 0.717) is 22.5 Å². The topological polar surface area (TPSA) is 133 Å². The van der Waals surface area contributed by atoms with Crippen molar-refractivity contribution in [2.24, 2.45) is 10.7 Å². The molecule has 5 rings (SSSR count). The van der Waals surface area contributed by atoms with Crippen molar-refractivity contribution in [3.8, 4) is 0 Å². The highest BCUT2D eigenvalue weighted by atomic mass is 19.4. The van der Waals surface area contributed by atoms with E-state index in [1.807, 2.05) is 0 Å². The number of hydrogen-bond acceptors (Lipinski definition) is 7. The number of benzene rings is 2. The van der Waals surface area contributed by atoms with Crippen LogP contribution in [0, 0.1) is 5.82 Å². The number of aromatic nitrogens is 1. The second-order valence-electron chi connectivity index (χ2n) is 8.49. The molecule has 5 N–H and O–H groups in total. The fraction of sp³-hybridized carbons (Fsp3) is 0.0769. The predicted octanol–water partition coefficient (Wildman–Crippen LogP) is 4.30. The second-order valence-corrected chi connectivity index (χ2v) is 8.49. The lowest BCUT2D eigenvalue weighted by Crippen LogP contribution is -2.31. The molecule has 0 saturated heterocycles. The van der Waals surface area contributed by atoms with E-state index in [0.717, 1.165) is 24.4 Å². The summed E-state index contributed by atoms with van der Waals surface area (Å²) < 4.78 is 53.3. The van der Waals surface area contributed by atoms with E-state index in [1.54, 1.807) is 23.2 Å². The van der Waals surface area contributed by atoms with Crippen LogP contribution in [0.4, 0.5) is 23.4 Å². The van der Waals surface area contributed by atoms with Gasteiger partial charge >= 0.3 is 12.1 Å². The molecule has 9 nitrogen and oxygen atoms in total. The van der Waals surface area contributed by atoms with Crippen LogP contribution in [-0.4, -0.2) is 32.7 Å². The Balaban J connectivity index is 1.40. The minimum absolute atomic E-state index is 0.159. The Labute approximate surface area is 218 Å². The number of carbonyl (C=O) groups is 2. The molecule has 0 saturated carbocycles. The molecule has 1 atom stereocenters. The number of aromatic carboxylic acids is 1. The molecule has 2 aliphatic rings. The first-order valence-corrected chi connectivity index (χ1v) is 11.3. The molecule has 1 unspecified atom stereocenters. The summed E-state index contributed by atoms with van der Waals surface area (Å²) in [5.74, 6) is -3.03. The van der Waals surface area contributed by atoms with Crippen LogP contribution >= 0.6 is 0 Å². The molecule has 3 aromatic rings. The fourth-order valence-electron chi connectivity index (χ4n) is 4.19. The highest BCUT2D eigenvalue weighted by molar-refractivity contribution is 6.06.